The van der Waals surface area contributed by atoms with Crippen molar-refractivity contribution in [2.24, 2.45) is 5.92 Å². The largest absolute Gasteiger partial charge is 0.316 e. The number of rotatable bonds is 3. The average molecular weight is 274 g/mol. The van der Waals surface area contributed by atoms with Gasteiger partial charge in [-0.25, -0.2) is 9.97 Å². The van der Waals surface area contributed by atoms with Crippen LogP contribution in [-0.2, 0) is 10.8 Å². The molecule has 2 rings (SSSR count). The van der Waals surface area contributed by atoms with Crippen LogP contribution in [0.4, 0.5) is 0 Å². The molecule has 2 heterocycles. The molecule has 0 aromatic carbocycles. The first kappa shape index (κ1) is 12.9. The van der Waals surface area contributed by atoms with Crippen LogP contribution in [-0.4, -0.2) is 33.0 Å². The van der Waals surface area contributed by atoms with Crippen molar-refractivity contribution in [3.05, 3.63) is 16.9 Å². The molecule has 0 amide bonds. The summed E-state index contributed by atoms with van der Waals surface area (Å²) in [5, 5.41) is 4.06. The number of hydrogen-bond acceptors (Lipinski definition) is 4. The minimum absolute atomic E-state index is 0.353. The molecule has 1 aliphatic rings. The minimum atomic E-state index is -1.15. The highest BCUT2D eigenvalue weighted by molar-refractivity contribution is 7.84. The third-order valence-electron chi connectivity index (χ3n) is 2.88. The second-order valence-corrected chi connectivity index (χ2v) is 6.10. The van der Waals surface area contributed by atoms with E-state index >= 15 is 0 Å². The lowest BCUT2D eigenvalue weighted by Gasteiger charge is -2.21. The Kier molecular flexibility index (Phi) is 4.48. The third-order valence-corrected chi connectivity index (χ3v) is 4.64. The van der Waals surface area contributed by atoms with Crippen LogP contribution in [0.2, 0.25) is 5.15 Å². The number of aromatic nitrogens is 2. The number of piperidine rings is 1. The molecule has 0 unspecified atom stereocenters. The smallest absolute Gasteiger partial charge is 0.219 e. The summed E-state index contributed by atoms with van der Waals surface area (Å²) >= 11 is 5.90. The maximum Gasteiger partial charge on any atom is 0.219 e. The highest BCUT2D eigenvalue weighted by Gasteiger charge is 2.18. The van der Waals surface area contributed by atoms with Crippen molar-refractivity contribution in [3.8, 4) is 0 Å². The summed E-state index contributed by atoms with van der Waals surface area (Å²) in [4.78, 5) is 8.16. The normalized spacial score (nSPS) is 22.4. The fourth-order valence-corrected chi connectivity index (χ4v) is 3.27. The summed E-state index contributed by atoms with van der Waals surface area (Å²) in [7, 11) is -1.15. The SMILES string of the molecule is Cc1cnc([S@](=O)C[C@@H]2CCCNC2)nc1Cl. The molecule has 1 aromatic rings. The Bertz CT molecular complexity index is 421. The van der Waals surface area contributed by atoms with Gasteiger partial charge < -0.3 is 5.32 Å². The first-order valence-electron chi connectivity index (χ1n) is 5.75. The van der Waals surface area contributed by atoms with Crippen LogP contribution >= 0.6 is 11.6 Å². The molecule has 1 N–H and O–H groups in total. The van der Waals surface area contributed by atoms with Crippen molar-refractivity contribution in [1.82, 2.24) is 15.3 Å². The van der Waals surface area contributed by atoms with Crippen molar-refractivity contribution >= 4 is 22.4 Å². The quantitative estimate of drug-likeness (QED) is 0.671. The van der Waals surface area contributed by atoms with E-state index in [1.54, 1.807) is 6.20 Å². The molecule has 1 fully saturated rings. The van der Waals surface area contributed by atoms with E-state index in [1.807, 2.05) is 6.92 Å². The van der Waals surface area contributed by atoms with Crippen LogP contribution in [0, 0.1) is 12.8 Å². The summed E-state index contributed by atoms with van der Waals surface area (Å²) in [6.07, 6.45) is 3.90. The molecule has 0 radical (unpaired) electrons. The first-order valence-corrected chi connectivity index (χ1v) is 7.44. The highest BCUT2D eigenvalue weighted by Crippen LogP contribution is 2.16. The van der Waals surface area contributed by atoms with Gasteiger partial charge in [-0.15, -0.1) is 0 Å². The van der Waals surface area contributed by atoms with Gasteiger partial charge in [-0.2, -0.15) is 0 Å². The highest BCUT2D eigenvalue weighted by atomic mass is 35.5. The van der Waals surface area contributed by atoms with Gasteiger partial charge in [0.2, 0.25) is 5.16 Å². The molecule has 0 bridgehead atoms. The lowest BCUT2D eigenvalue weighted by Crippen LogP contribution is -2.32. The van der Waals surface area contributed by atoms with Crippen molar-refractivity contribution in [1.29, 1.82) is 0 Å². The number of aryl methyl sites for hydroxylation is 1. The summed E-state index contributed by atoms with van der Waals surface area (Å²) in [6, 6.07) is 0. The van der Waals surface area contributed by atoms with Crippen LogP contribution in [0.1, 0.15) is 18.4 Å². The van der Waals surface area contributed by atoms with E-state index in [2.05, 4.69) is 15.3 Å². The van der Waals surface area contributed by atoms with E-state index in [0.29, 0.717) is 22.0 Å². The molecule has 2 atom stereocenters. The first-order chi connectivity index (χ1) is 8.16. The maximum absolute atomic E-state index is 12.1. The molecule has 6 heteroatoms. The lowest BCUT2D eigenvalue weighted by molar-refractivity contribution is 0.407. The van der Waals surface area contributed by atoms with Crippen LogP contribution < -0.4 is 5.32 Å². The minimum Gasteiger partial charge on any atom is -0.316 e. The van der Waals surface area contributed by atoms with Gasteiger partial charge in [-0.3, -0.25) is 4.21 Å². The molecule has 1 aliphatic heterocycles. The number of halogens is 1. The Hall–Kier alpha value is -0.520. The fourth-order valence-electron chi connectivity index (χ4n) is 1.87. The lowest BCUT2D eigenvalue weighted by atomic mass is 10.0. The Morgan fingerprint density at radius 2 is 2.47 bits per heavy atom. The number of nitrogens with zero attached hydrogens (tertiary/aromatic N) is 2. The van der Waals surface area contributed by atoms with Gasteiger partial charge in [-0.1, -0.05) is 11.6 Å². The van der Waals surface area contributed by atoms with E-state index in [1.165, 1.54) is 0 Å². The average Bonchev–Trinajstić information content (AvgIpc) is 2.34. The number of nitrogens with one attached hydrogen (secondary N) is 1. The van der Waals surface area contributed by atoms with Gasteiger partial charge in [0, 0.05) is 17.5 Å². The van der Waals surface area contributed by atoms with Gasteiger partial charge in [0.15, 0.2) is 0 Å². The molecule has 0 aliphatic carbocycles. The van der Waals surface area contributed by atoms with Gasteiger partial charge >= 0.3 is 0 Å². The van der Waals surface area contributed by atoms with Gasteiger partial charge in [0.05, 0.1) is 10.8 Å². The Balaban J connectivity index is 2.01. The maximum atomic E-state index is 12.1. The van der Waals surface area contributed by atoms with Crippen LogP contribution in [0.25, 0.3) is 0 Å². The summed E-state index contributed by atoms with van der Waals surface area (Å²) in [5.74, 6) is 1.07. The van der Waals surface area contributed by atoms with E-state index in [4.69, 9.17) is 11.6 Å². The zero-order valence-corrected chi connectivity index (χ0v) is 11.4. The molecule has 1 saturated heterocycles. The van der Waals surface area contributed by atoms with Gasteiger partial charge in [-0.05, 0) is 38.8 Å². The molecular formula is C11H16ClN3OS. The Labute approximate surface area is 109 Å². The van der Waals surface area contributed by atoms with E-state index in [-0.39, 0.29) is 0 Å². The van der Waals surface area contributed by atoms with Crippen molar-refractivity contribution in [2.45, 2.75) is 24.9 Å². The molecule has 94 valence electrons. The van der Waals surface area contributed by atoms with Crippen LogP contribution in [0.3, 0.4) is 0 Å². The van der Waals surface area contributed by atoms with Crippen LogP contribution in [0.15, 0.2) is 11.4 Å². The van der Waals surface area contributed by atoms with Crippen LogP contribution in [0.5, 0.6) is 0 Å². The van der Waals surface area contributed by atoms with E-state index < -0.39 is 10.8 Å². The Morgan fingerprint density at radius 1 is 1.65 bits per heavy atom. The standard InChI is InChI=1S/C11H16ClN3OS/c1-8-5-14-11(15-10(8)12)17(16)7-9-3-2-4-13-6-9/h5,9,13H,2-4,6-7H2,1H3/t9-,17-/m1/s1. The zero-order chi connectivity index (χ0) is 12.3. The molecule has 1 aromatic heterocycles. The molecular weight excluding hydrogens is 258 g/mol. The molecule has 0 spiro atoms. The van der Waals surface area contributed by atoms with E-state index in [0.717, 1.165) is 31.5 Å². The Morgan fingerprint density at radius 3 is 3.12 bits per heavy atom. The second-order valence-electron chi connectivity index (χ2n) is 4.35. The van der Waals surface area contributed by atoms with Gasteiger partial charge in [0.25, 0.3) is 0 Å². The predicted octanol–water partition coefficient (Wildman–Crippen LogP) is 1.55. The van der Waals surface area contributed by atoms with Gasteiger partial charge in [0.1, 0.15) is 5.15 Å². The zero-order valence-electron chi connectivity index (χ0n) is 9.78. The van der Waals surface area contributed by atoms with E-state index in [9.17, 15) is 4.21 Å². The van der Waals surface area contributed by atoms with Crippen molar-refractivity contribution < 1.29 is 4.21 Å². The van der Waals surface area contributed by atoms with Crippen molar-refractivity contribution in [3.63, 3.8) is 0 Å². The summed E-state index contributed by atoms with van der Waals surface area (Å²) in [5.41, 5.74) is 0.812. The second kappa shape index (κ2) is 5.89. The number of hydrogen-bond donors (Lipinski definition) is 1. The summed E-state index contributed by atoms with van der Waals surface area (Å²) in [6.45, 7) is 3.83. The third kappa shape index (κ3) is 3.47. The van der Waals surface area contributed by atoms with Crippen molar-refractivity contribution in [2.75, 3.05) is 18.8 Å². The fraction of sp³-hybridized carbons (Fsp3) is 0.636. The predicted molar refractivity (Wildman–Crippen MR) is 68.6 cm³/mol. The monoisotopic (exact) mass is 273 g/mol. The summed E-state index contributed by atoms with van der Waals surface area (Å²) < 4.78 is 12.1. The molecule has 0 saturated carbocycles. The molecule has 17 heavy (non-hydrogen) atoms. The molecule has 4 nitrogen and oxygen atoms in total. The topological polar surface area (TPSA) is 54.9 Å².